The van der Waals surface area contributed by atoms with Crippen LogP contribution < -0.4 is 0 Å². The lowest BCUT2D eigenvalue weighted by molar-refractivity contribution is -0.145. The van der Waals surface area contributed by atoms with Crippen LogP contribution in [0.3, 0.4) is 0 Å². The maximum absolute atomic E-state index is 11.6. The van der Waals surface area contributed by atoms with E-state index in [2.05, 4.69) is 5.16 Å². The first kappa shape index (κ1) is 14.9. The zero-order valence-electron chi connectivity index (χ0n) is 9.63. The summed E-state index contributed by atoms with van der Waals surface area (Å²) in [5, 5.41) is 11.0. The summed E-state index contributed by atoms with van der Waals surface area (Å²) in [5.74, 6) is -0.774. The molecule has 0 aromatic carbocycles. The van der Waals surface area contributed by atoms with Gasteiger partial charge in [-0.2, -0.15) is 0 Å². The second kappa shape index (κ2) is 5.83. The van der Waals surface area contributed by atoms with E-state index < -0.39 is 20.6 Å². The Kier molecular flexibility index (Phi) is 5.43. The molecule has 0 rings (SSSR count). The Labute approximate surface area is 95.2 Å². The summed E-state index contributed by atoms with van der Waals surface area (Å²) in [4.78, 5) is 11.6. The zero-order valence-corrected chi connectivity index (χ0v) is 10.5. The second-order valence-corrected chi connectivity index (χ2v) is 6.01. The molecule has 0 aliphatic rings. The van der Waals surface area contributed by atoms with E-state index in [0.29, 0.717) is 0 Å². The van der Waals surface area contributed by atoms with Crippen molar-refractivity contribution in [1.29, 1.82) is 0 Å². The fraction of sp³-hybridized carbons (Fsp3) is 0.778. The van der Waals surface area contributed by atoms with E-state index in [1.807, 2.05) is 0 Å². The van der Waals surface area contributed by atoms with Crippen molar-refractivity contribution in [1.82, 2.24) is 0 Å². The standard InChI is InChI=1S/C9H17NO5S/c1-4-15-8(11)9(2,16(3,13)14)6-5-7-10-12/h7,12H,4-6H2,1-3H3/b10-7+. The lowest BCUT2D eigenvalue weighted by Gasteiger charge is -2.24. The number of nitrogens with zero attached hydrogens (tertiary/aromatic N) is 1. The van der Waals surface area contributed by atoms with Gasteiger partial charge in [0.05, 0.1) is 6.61 Å². The first-order valence-electron chi connectivity index (χ1n) is 4.82. The topological polar surface area (TPSA) is 93.0 Å². The fourth-order valence-corrected chi connectivity index (χ4v) is 1.97. The molecule has 7 heteroatoms. The molecule has 0 saturated heterocycles. The third-order valence-corrected chi connectivity index (χ3v) is 4.37. The predicted molar refractivity (Wildman–Crippen MR) is 59.4 cm³/mol. The molecule has 1 N–H and O–H groups in total. The molecule has 0 heterocycles. The van der Waals surface area contributed by atoms with Crippen molar-refractivity contribution in [2.24, 2.45) is 5.16 Å². The monoisotopic (exact) mass is 251 g/mol. The Morgan fingerprint density at radius 1 is 1.56 bits per heavy atom. The Balaban J connectivity index is 4.97. The summed E-state index contributed by atoms with van der Waals surface area (Å²) in [6.45, 7) is 3.04. The van der Waals surface area contributed by atoms with E-state index >= 15 is 0 Å². The van der Waals surface area contributed by atoms with Crippen molar-refractivity contribution in [2.75, 3.05) is 12.9 Å². The van der Waals surface area contributed by atoms with E-state index in [-0.39, 0.29) is 19.4 Å². The first-order valence-corrected chi connectivity index (χ1v) is 6.71. The van der Waals surface area contributed by atoms with Crippen molar-refractivity contribution < 1.29 is 23.2 Å². The Bertz CT molecular complexity index is 362. The molecular weight excluding hydrogens is 234 g/mol. The summed E-state index contributed by atoms with van der Waals surface area (Å²) in [5.41, 5.74) is 0. The molecule has 0 fully saturated rings. The lowest BCUT2D eigenvalue weighted by Crippen LogP contribution is -2.44. The number of hydrogen-bond donors (Lipinski definition) is 1. The van der Waals surface area contributed by atoms with Gasteiger partial charge in [0.2, 0.25) is 0 Å². The van der Waals surface area contributed by atoms with Crippen LogP contribution in [0.5, 0.6) is 0 Å². The third-order valence-electron chi connectivity index (χ3n) is 2.36. The van der Waals surface area contributed by atoms with Gasteiger partial charge in [-0.25, -0.2) is 8.42 Å². The summed E-state index contributed by atoms with van der Waals surface area (Å²) in [6.07, 6.45) is 2.33. The molecular formula is C9H17NO5S. The summed E-state index contributed by atoms with van der Waals surface area (Å²) in [7, 11) is -3.58. The van der Waals surface area contributed by atoms with Gasteiger partial charge in [0, 0.05) is 12.5 Å². The van der Waals surface area contributed by atoms with Gasteiger partial charge in [-0.05, 0) is 26.7 Å². The highest BCUT2D eigenvalue weighted by molar-refractivity contribution is 7.92. The van der Waals surface area contributed by atoms with Crippen LogP contribution in [-0.2, 0) is 19.4 Å². The number of oxime groups is 1. The number of carbonyl (C=O) groups is 1. The molecule has 0 radical (unpaired) electrons. The van der Waals surface area contributed by atoms with Gasteiger partial charge >= 0.3 is 5.97 Å². The normalized spacial score (nSPS) is 15.9. The number of esters is 1. The van der Waals surface area contributed by atoms with Crippen molar-refractivity contribution in [3.63, 3.8) is 0 Å². The van der Waals surface area contributed by atoms with Crippen LogP contribution in [0, 0.1) is 0 Å². The molecule has 0 bridgehead atoms. The molecule has 16 heavy (non-hydrogen) atoms. The molecule has 0 aliphatic carbocycles. The average Bonchev–Trinajstić information content (AvgIpc) is 2.16. The van der Waals surface area contributed by atoms with Crippen molar-refractivity contribution in [2.45, 2.75) is 31.4 Å². The molecule has 0 saturated carbocycles. The largest absolute Gasteiger partial charge is 0.465 e. The zero-order chi connectivity index (χ0) is 12.8. The average molecular weight is 251 g/mol. The molecule has 0 aromatic rings. The second-order valence-electron chi connectivity index (χ2n) is 3.56. The predicted octanol–water partition coefficient (Wildman–Crippen LogP) is 0.593. The Morgan fingerprint density at radius 3 is 2.50 bits per heavy atom. The maximum Gasteiger partial charge on any atom is 0.327 e. The summed E-state index contributed by atoms with van der Waals surface area (Å²) >= 11 is 0. The van der Waals surface area contributed by atoms with Crippen LogP contribution in [-0.4, -0.2) is 43.4 Å². The molecule has 0 aliphatic heterocycles. The number of rotatable bonds is 6. The minimum atomic E-state index is -3.58. The molecule has 0 amide bonds. The first-order chi connectivity index (χ1) is 7.29. The van der Waals surface area contributed by atoms with Crippen LogP contribution >= 0.6 is 0 Å². The summed E-state index contributed by atoms with van der Waals surface area (Å²) < 4.78 is 26.3. The number of carbonyl (C=O) groups excluding carboxylic acids is 1. The molecule has 6 nitrogen and oxygen atoms in total. The van der Waals surface area contributed by atoms with Gasteiger partial charge in [-0.3, -0.25) is 4.79 Å². The molecule has 1 unspecified atom stereocenters. The van der Waals surface area contributed by atoms with Crippen molar-refractivity contribution in [3.05, 3.63) is 0 Å². The third kappa shape index (κ3) is 3.48. The van der Waals surface area contributed by atoms with Crippen LogP contribution in [0.25, 0.3) is 0 Å². The Morgan fingerprint density at radius 2 is 2.12 bits per heavy atom. The highest BCUT2D eigenvalue weighted by Gasteiger charge is 2.44. The number of ether oxygens (including phenoxy) is 1. The minimum Gasteiger partial charge on any atom is -0.465 e. The van der Waals surface area contributed by atoms with Crippen molar-refractivity contribution >= 4 is 22.0 Å². The van der Waals surface area contributed by atoms with E-state index in [1.165, 1.54) is 6.92 Å². The van der Waals surface area contributed by atoms with Gasteiger partial charge in [-0.1, -0.05) is 0 Å². The highest BCUT2D eigenvalue weighted by atomic mass is 32.2. The van der Waals surface area contributed by atoms with E-state index in [0.717, 1.165) is 12.5 Å². The molecule has 1 atom stereocenters. The van der Waals surface area contributed by atoms with Gasteiger partial charge in [0.15, 0.2) is 14.6 Å². The maximum atomic E-state index is 11.6. The number of sulfone groups is 1. The van der Waals surface area contributed by atoms with Crippen LogP contribution in [0.1, 0.15) is 26.7 Å². The molecule has 0 spiro atoms. The highest BCUT2D eigenvalue weighted by Crippen LogP contribution is 2.24. The van der Waals surface area contributed by atoms with Gasteiger partial charge in [-0.15, -0.1) is 5.16 Å². The minimum absolute atomic E-state index is 0.0225. The van der Waals surface area contributed by atoms with E-state index in [4.69, 9.17) is 9.94 Å². The quantitative estimate of drug-likeness (QED) is 0.323. The molecule has 94 valence electrons. The van der Waals surface area contributed by atoms with Gasteiger partial charge < -0.3 is 9.94 Å². The summed E-state index contributed by atoms with van der Waals surface area (Å²) in [6, 6.07) is 0. The number of hydrogen-bond acceptors (Lipinski definition) is 6. The van der Waals surface area contributed by atoms with Crippen LogP contribution in [0.4, 0.5) is 0 Å². The van der Waals surface area contributed by atoms with Gasteiger partial charge in [0.1, 0.15) is 0 Å². The lowest BCUT2D eigenvalue weighted by atomic mass is 10.1. The SMILES string of the molecule is CCOC(=O)C(C)(CC/C=N/O)S(C)(=O)=O. The Hall–Kier alpha value is -1.11. The van der Waals surface area contributed by atoms with E-state index in [9.17, 15) is 13.2 Å². The van der Waals surface area contributed by atoms with Crippen LogP contribution in [0.15, 0.2) is 5.16 Å². The smallest absolute Gasteiger partial charge is 0.327 e. The van der Waals surface area contributed by atoms with Crippen LogP contribution in [0.2, 0.25) is 0 Å². The van der Waals surface area contributed by atoms with Crippen molar-refractivity contribution in [3.8, 4) is 0 Å². The fourth-order valence-electron chi connectivity index (χ4n) is 1.12. The van der Waals surface area contributed by atoms with E-state index in [1.54, 1.807) is 6.92 Å². The van der Waals surface area contributed by atoms with Gasteiger partial charge in [0.25, 0.3) is 0 Å². The molecule has 0 aromatic heterocycles.